The Bertz CT molecular complexity index is 1140. The fourth-order valence-corrected chi connectivity index (χ4v) is 5.48. The molecular weight excluding hydrogens is 412 g/mol. The van der Waals surface area contributed by atoms with Crippen LogP contribution in [0.1, 0.15) is 24.6 Å². The molecular formula is C22H26N6O2S. The summed E-state index contributed by atoms with van der Waals surface area (Å²) in [5, 5.41) is 1.65. The van der Waals surface area contributed by atoms with Crippen molar-refractivity contribution in [3.8, 4) is 0 Å². The monoisotopic (exact) mass is 438 g/mol. The third-order valence-electron chi connectivity index (χ3n) is 6.55. The fourth-order valence-electron chi connectivity index (χ4n) is 4.59. The van der Waals surface area contributed by atoms with Gasteiger partial charge in [0, 0.05) is 47.9 Å². The lowest BCUT2D eigenvalue weighted by atomic mass is 9.75. The Balaban J connectivity index is 1.34. The van der Waals surface area contributed by atoms with Gasteiger partial charge in [-0.3, -0.25) is 9.36 Å². The van der Waals surface area contributed by atoms with E-state index >= 15 is 0 Å². The predicted octanol–water partition coefficient (Wildman–Crippen LogP) is 2.77. The van der Waals surface area contributed by atoms with Crippen LogP contribution in [0, 0.1) is 5.41 Å². The molecule has 9 heteroatoms. The number of hydrogen-bond acceptors (Lipinski definition) is 8. The first-order valence-electron chi connectivity index (χ1n) is 10.5. The number of carbonyl (C=O) groups excluding carboxylic acids is 1. The van der Waals surface area contributed by atoms with Gasteiger partial charge in [-0.1, -0.05) is 17.8 Å². The highest BCUT2D eigenvalue weighted by atomic mass is 32.2. The average Bonchev–Trinajstić information content (AvgIpc) is 3.35. The smallest absolute Gasteiger partial charge is 0.227 e. The van der Waals surface area contributed by atoms with E-state index in [0.717, 1.165) is 54.2 Å². The molecule has 4 heterocycles. The van der Waals surface area contributed by atoms with Gasteiger partial charge in [0.2, 0.25) is 5.91 Å². The standard InChI is InChI=1S/C22H26N6O2S/c1-14(29)28-8-5-15-16(28)3-2-4-17(15)31-21-20(24)26-19(11-25-21)27-9-6-22(7-10-27)13-30-12-18(22)23/h2-5,8,11,18H,6-7,9-10,12-13,23H2,1H3,(H2,24,26). The molecule has 0 bridgehead atoms. The molecule has 5 rings (SSSR count). The van der Waals surface area contributed by atoms with Gasteiger partial charge in [0.15, 0.2) is 5.82 Å². The number of carbonyl (C=O) groups is 1. The van der Waals surface area contributed by atoms with Crippen LogP contribution in [-0.4, -0.2) is 52.8 Å². The summed E-state index contributed by atoms with van der Waals surface area (Å²) in [5.74, 6) is 1.19. The number of nitrogens with two attached hydrogens (primary N) is 2. The molecule has 2 aromatic heterocycles. The number of piperidine rings is 1. The normalized spacial score (nSPS) is 20.6. The van der Waals surface area contributed by atoms with Gasteiger partial charge in [-0.25, -0.2) is 9.97 Å². The van der Waals surface area contributed by atoms with Crippen molar-refractivity contribution in [2.75, 3.05) is 36.9 Å². The van der Waals surface area contributed by atoms with Gasteiger partial charge < -0.3 is 21.1 Å². The molecule has 2 aliphatic rings. The van der Waals surface area contributed by atoms with Crippen molar-refractivity contribution in [1.29, 1.82) is 0 Å². The van der Waals surface area contributed by atoms with Crippen molar-refractivity contribution in [3.05, 3.63) is 36.7 Å². The topological polar surface area (TPSA) is 112 Å². The minimum atomic E-state index is -0.0192. The Hall–Kier alpha value is -2.62. The Kier molecular flexibility index (Phi) is 5.11. The van der Waals surface area contributed by atoms with Crippen LogP contribution in [0.15, 0.2) is 46.6 Å². The third kappa shape index (κ3) is 3.56. The number of hydrogen-bond donors (Lipinski definition) is 2. The van der Waals surface area contributed by atoms with E-state index in [-0.39, 0.29) is 17.4 Å². The zero-order valence-corrected chi connectivity index (χ0v) is 18.3. The van der Waals surface area contributed by atoms with E-state index in [1.165, 1.54) is 11.8 Å². The van der Waals surface area contributed by atoms with Crippen molar-refractivity contribution in [3.63, 3.8) is 0 Å². The van der Waals surface area contributed by atoms with Gasteiger partial charge in [-0.05, 0) is 31.0 Å². The van der Waals surface area contributed by atoms with Gasteiger partial charge >= 0.3 is 0 Å². The first-order valence-corrected chi connectivity index (χ1v) is 11.3. The van der Waals surface area contributed by atoms with Crippen LogP contribution in [0.3, 0.4) is 0 Å². The van der Waals surface area contributed by atoms with Gasteiger partial charge in [-0.15, -0.1) is 0 Å². The molecule has 162 valence electrons. The average molecular weight is 439 g/mol. The van der Waals surface area contributed by atoms with Crippen LogP contribution in [0.2, 0.25) is 0 Å². The second-order valence-electron chi connectivity index (χ2n) is 8.39. The van der Waals surface area contributed by atoms with E-state index in [1.807, 2.05) is 24.3 Å². The summed E-state index contributed by atoms with van der Waals surface area (Å²) < 4.78 is 7.25. The summed E-state index contributed by atoms with van der Waals surface area (Å²) in [6.45, 7) is 4.70. The summed E-state index contributed by atoms with van der Waals surface area (Å²) in [5.41, 5.74) is 13.5. The second kappa shape index (κ2) is 7.81. The first kappa shape index (κ1) is 20.3. The molecule has 2 fully saturated rings. The Morgan fingerprint density at radius 2 is 2.10 bits per heavy atom. The molecule has 3 aromatic rings. The number of anilines is 2. The summed E-state index contributed by atoms with van der Waals surface area (Å²) in [4.78, 5) is 24.3. The number of nitrogen functional groups attached to an aromatic ring is 1. The highest BCUT2D eigenvalue weighted by molar-refractivity contribution is 7.99. The molecule has 2 saturated heterocycles. The number of nitrogens with zero attached hydrogens (tertiary/aromatic N) is 4. The molecule has 31 heavy (non-hydrogen) atoms. The SMILES string of the molecule is CC(=O)n1ccc2c(Sc3ncc(N4CCC5(CC4)COCC5N)nc3N)cccc21. The van der Waals surface area contributed by atoms with E-state index < -0.39 is 0 Å². The first-order chi connectivity index (χ1) is 15.0. The van der Waals surface area contributed by atoms with E-state index in [0.29, 0.717) is 17.5 Å². The zero-order chi connectivity index (χ0) is 21.6. The second-order valence-corrected chi connectivity index (χ2v) is 9.42. The minimum absolute atomic E-state index is 0.0192. The van der Waals surface area contributed by atoms with E-state index in [9.17, 15) is 4.79 Å². The van der Waals surface area contributed by atoms with Gasteiger partial charge in [-0.2, -0.15) is 0 Å². The molecule has 1 aromatic carbocycles. The fraction of sp³-hybridized carbons (Fsp3) is 0.409. The summed E-state index contributed by atoms with van der Waals surface area (Å²) in [6.07, 6.45) is 5.56. The van der Waals surface area contributed by atoms with Crippen LogP contribution in [-0.2, 0) is 4.74 Å². The maximum atomic E-state index is 11.8. The van der Waals surface area contributed by atoms with Crippen molar-refractivity contribution < 1.29 is 9.53 Å². The lowest BCUT2D eigenvalue weighted by molar-refractivity contribution is 0.0941. The molecule has 2 aliphatic heterocycles. The largest absolute Gasteiger partial charge is 0.381 e. The Labute approximate surface area is 185 Å². The Morgan fingerprint density at radius 1 is 1.29 bits per heavy atom. The number of rotatable bonds is 3. The molecule has 0 amide bonds. The van der Waals surface area contributed by atoms with Crippen LogP contribution >= 0.6 is 11.8 Å². The van der Waals surface area contributed by atoms with Gasteiger partial charge in [0.05, 0.1) is 24.9 Å². The van der Waals surface area contributed by atoms with Crippen molar-refractivity contribution in [1.82, 2.24) is 14.5 Å². The van der Waals surface area contributed by atoms with Crippen molar-refractivity contribution in [2.24, 2.45) is 11.1 Å². The maximum Gasteiger partial charge on any atom is 0.227 e. The number of benzene rings is 1. The zero-order valence-electron chi connectivity index (χ0n) is 17.5. The predicted molar refractivity (Wildman–Crippen MR) is 121 cm³/mol. The molecule has 8 nitrogen and oxygen atoms in total. The lowest BCUT2D eigenvalue weighted by Crippen LogP contribution is -2.49. The third-order valence-corrected chi connectivity index (χ3v) is 7.63. The lowest BCUT2D eigenvalue weighted by Gasteiger charge is -2.41. The van der Waals surface area contributed by atoms with Gasteiger partial charge in [0.25, 0.3) is 0 Å². The number of ether oxygens (including phenoxy) is 1. The van der Waals surface area contributed by atoms with Gasteiger partial charge in [0.1, 0.15) is 10.8 Å². The van der Waals surface area contributed by atoms with Crippen LogP contribution in [0.4, 0.5) is 11.6 Å². The highest BCUT2D eigenvalue weighted by Gasteiger charge is 2.44. The highest BCUT2D eigenvalue weighted by Crippen LogP contribution is 2.40. The van der Waals surface area contributed by atoms with Crippen LogP contribution in [0.5, 0.6) is 0 Å². The van der Waals surface area contributed by atoms with Crippen LogP contribution < -0.4 is 16.4 Å². The number of aromatic nitrogens is 3. The molecule has 1 unspecified atom stereocenters. The summed E-state index contributed by atoms with van der Waals surface area (Å²) in [7, 11) is 0. The quantitative estimate of drug-likeness (QED) is 0.642. The molecule has 1 spiro atoms. The minimum Gasteiger partial charge on any atom is -0.381 e. The summed E-state index contributed by atoms with van der Waals surface area (Å²) in [6, 6.07) is 7.93. The van der Waals surface area contributed by atoms with Crippen molar-refractivity contribution >= 4 is 40.2 Å². The van der Waals surface area contributed by atoms with E-state index in [1.54, 1.807) is 23.9 Å². The Morgan fingerprint density at radius 3 is 2.77 bits per heavy atom. The van der Waals surface area contributed by atoms with E-state index in [2.05, 4.69) is 14.9 Å². The van der Waals surface area contributed by atoms with Crippen molar-refractivity contribution in [2.45, 2.75) is 35.7 Å². The van der Waals surface area contributed by atoms with E-state index in [4.69, 9.17) is 16.2 Å². The molecule has 0 radical (unpaired) electrons. The molecule has 0 saturated carbocycles. The summed E-state index contributed by atoms with van der Waals surface area (Å²) >= 11 is 1.46. The number of fused-ring (bicyclic) bond motifs is 1. The molecule has 0 aliphatic carbocycles. The molecule has 1 atom stereocenters. The molecule has 4 N–H and O–H groups in total. The van der Waals surface area contributed by atoms with Crippen LogP contribution in [0.25, 0.3) is 10.9 Å². The maximum absolute atomic E-state index is 11.8.